The monoisotopic (exact) mass is 248 g/mol. The summed E-state index contributed by atoms with van der Waals surface area (Å²) in [4.78, 5) is 11.8. The lowest BCUT2D eigenvalue weighted by atomic mass is 9.78. The zero-order valence-electron chi connectivity index (χ0n) is 12.5. The van der Waals surface area contributed by atoms with Crippen molar-refractivity contribution in [1.82, 2.24) is 0 Å². The molecule has 0 atom stereocenters. The SMILES string of the molecule is CC(=O)c1cc(C(C)(C)C)c(O)cc1C(C)(C)C. The molecule has 1 rings (SSSR count). The summed E-state index contributed by atoms with van der Waals surface area (Å²) in [6, 6.07) is 3.59. The average Bonchev–Trinajstić information content (AvgIpc) is 2.13. The molecule has 0 saturated carbocycles. The van der Waals surface area contributed by atoms with Crippen molar-refractivity contribution in [2.24, 2.45) is 0 Å². The molecule has 0 saturated heterocycles. The molecule has 1 N–H and O–H groups in total. The molecule has 2 heteroatoms. The van der Waals surface area contributed by atoms with Crippen molar-refractivity contribution in [1.29, 1.82) is 0 Å². The third-order valence-corrected chi connectivity index (χ3v) is 3.13. The Kier molecular flexibility index (Phi) is 3.62. The van der Waals surface area contributed by atoms with Crippen LogP contribution in [0.25, 0.3) is 0 Å². The summed E-state index contributed by atoms with van der Waals surface area (Å²) in [5.74, 6) is 0.322. The number of rotatable bonds is 1. The van der Waals surface area contributed by atoms with Crippen molar-refractivity contribution in [3.05, 3.63) is 28.8 Å². The molecule has 0 bridgehead atoms. The van der Waals surface area contributed by atoms with Crippen LogP contribution < -0.4 is 0 Å². The van der Waals surface area contributed by atoms with Gasteiger partial charge in [0.1, 0.15) is 5.75 Å². The van der Waals surface area contributed by atoms with Gasteiger partial charge < -0.3 is 5.11 Å². The Morgan fingerprint density at radius 2 is 1.39 bits per heavy atom. The molecule has 1 aromatic rings. The normalized spacial score (nSPS) is 12.6. The second-order valence-corrected chi connectivity index (χ2v) is 6.97. The molecule has 0 heterocycles. The molecule has 0 spiro atoms. The van der Waals surface area contributed by atoms with Crippen LogP contribution in [0.4, 0.5) is 0 Å². The van der Waals surface area contributed by atoms with Gasteiger partial charge in [0.05, 0.1) is 0 Å². The highest BCUT2D eigenvalue weighted by Gasteiger charge is 2.26. The molecule has 0 aliphatic carbocycles. The van der Waals surface area contributed by atoms with E-state index in [9.17, 15) is 9.90 Å². The Labute approximate surface area is 110 Å². The first kappa shape index (κ1) is 14.7. The molecule has 2 nitrogen and oxygen atoms in total. The summed E-state index contributed by atoms with van der Waals surface area (Å²) in [5.41, 5.74) is 2.10. The Balaban J connectivity index is 3.60. The maximum atomic E-state index is 11.8. The molecule has 0 amide bonds. The minimum Gasteiger partial charge on any atom is -0.508 e. The molecule has 0 radical (unpaired) electrons. The summed E-state index contributed by atoms with van der Waals surface area (Å²) in [5, 5.41) is 10.2. The highest BCUT2D eigenvalue weighted by molar-refractivity contribution is 5.96. The molecule has 0 aromatic heterocycles. The van der Waals surface area contributed by atoms with E-state index in [1.807, 2.05) is 47.6 Å². The van der Waals surface area contributed by atoms with Gasteiger partial charge in [0.2, 0.25) is 0 Å². The van der Waals surface area contributed by atoms with Gasteiger partial charge in [-0.25, -0.2) is 0 Å². The maximum Gasteiger partial charge on any atom is 0.160 e. The van der Waals surface area contributed by atoms with Crippen LogP contribution in [0.5, 0.6) is 5.75 Å². The van der Waals surface area contributed by atoms with Gasteiger partial charge in [-0.3, -0.25) is 4.79 Å². The van der Waals surface area contributed by atoms with Crippen molar-refractivity contribution in [2.45, 2.75) is 59.3 Å². The predicted octanol–water partition coefficient (Wildman–Crippen LogP) is 4.19. The smallest absolute Gasteiger partial charge is 0.160 e. The molecular weight excluding hydrogens is 224 g/mol. The standard InChI is InChI=1S/C16H24O2/c1-10(17)11-8-13(16(5,6)7)14(18)9-12(11)15(2,3)4/h8-9,18H,1-7H3. The summed E-state index contributed by atoms with van der Waals surface area (Å²) in [6.07, 6.45) is 0. The van der Waals surface area contributed by atoms with Crippen LogP contribution in [0, 0.1) is 0 Å². The number of ketones is 1. The lowest BCUT2D eigenvalue weighted by molar-refractivity contribution is 0.101. The van der Waals surface area contributed by atoms with Crippen molar-refractivity contribution >= 4 is 5.78 Å². The van der Waals surface area contributed by atoms with Gasteiger partial charge in [0.15, 0.2) is 5.78 Å². The zero-order chi connectivity index (χ0) is 14.3. The summed E-state index contributed by atoms with van der Waals surface area (Å²) < 4.78 is 0. The van der Waals surface area contributed by atoms with Crippen LogP contribution in [0.3, 0.4) is 0 Å². The highest BCUT2D eigenvalue weighted by Crippen LogP contribution is 2.37. The number of hydrogen-bond acceptors (Lipinski definition) is 2. The van der Waals surface area contributed by atoms with E-state index >= 15 is 0 Å². The largest absolute Gasteiger partial charge is 0.508 e. The number of phenols is 1. The van der Waals surface area contributed by atoms with E-state index in [1.54, 1.807) is 13.0 Å². The number of phenolic OH excluding ortho intramolecular Hbond substituents is 1. The van der Waals surface area contributed by atoms with E-state index < -0.39 is 0 Å². The lowest BCUT2D eigenvalue weighted by Gasteiger charge is -2.27. The van der Waals surface area contributed by atoms with Gasteiger partial charge >= 0.3 is 0 Å². The van der Waals surface area contributed by atoms with Crippen molar-refractivity contribution in [3.8, 4) is 5.75 Å². The van der Waals surface area contributed by atoms with Crippen LogP contribution in [-0.2, 0) is 10.8 Å². The van der Waals surface area contributed by atoms with Crippen molar-refractivity contribution in [2.75, 3.05) is 0 Å². The van der Waals surface area contributed by atoms with Gasteiger partial charge in [-0.2, -0.15) is 0 Å². The maximum absolute atomic E-state index is 11.8. The molecular formula is C16H24O2. The third kappa shape index (κ3) is 2.92. The van der Waals surface area contributed by atoms with E-state index in [1.165, 1.54) is 0 Å². The average molecular weight is 248 g/mol. The molecule has 1 aromatic carbocycles. The number of aromatic hydroxyl groups is 1. The van der Waals surface area contributed by atoms with Crippen LogP contribution in [0.15, 0.2) is 12.1 Å². The predicted molar refractivity (Wildman–Crippen MR) is 75.5 cm³/mol. The van der Waals surface area contributed by atoms with Crippen LogP contribution in [0.1, 0.15) is 70.0 Å². The van der Waals surface area contributed by atoms with Crippen LogP contribution in [0.2, 0.25) is 0 Å². The Hall–Kier alpha value is -1.31. The summed E-state index contributed by atoms with van der Waals surface area (Å²) in [6.45, 7) is 13.8. The third-order valence-electron chi connectivity index (χ3n) is 3.13. The van der Waals surface area contributed by atoms with Gasteiger partial charge in [0, 0.05) is 5.56 Å². The van der Waals surface area contributed by atoms with E-state index in [2.05, 4.69) is 0 Å². The van der Waals surface area contributed by atoms with E-state index in [-0.39, 0.29) is 22.4 Å². The molecule has 0 aliphatic rings. The number of Topliss-reactive ketones (excluding diaryl/α,β-unsaturated/α-hetero) is 1. The second-order valence-electron chi connectivity index (χ2n) is 6.97. The number of carbonyl (C=O) groups excluding carboxylic acids is 1. The van der Waals surface area contributed by atoms with Crippen molar-refractivity contribution < 1.29 is 9.90 Å². The first-order valence-electron chi connectivity index (χ1n) is 6.33. The second kappa shape index (κ2) is 4.42. The molecule has 18 heavy (non-hydrogen) atoms. The fourth-order valence-electron chi connectivity index (χ4n) is 2.10. The fourth-order valence-corrected chi connectivity index (χ4v) is 2.10. The first-order chi connectivity index (χ1) is 7.94. The molecule has 100 valence electrons. The topological polar surface area (TPSA) is 37.3 Å². The minimum atomic E-state index is -0.176. The quantitative estimate of drug-likeness (QED) is 0.757. The number of carbonyl (C=O) groups is 1. The van der Waals surface area contributed by atoms with Gasteiger partial charge in [0.25, 0.3) is 0 Å². The van der Waals surface area contributed by atoms with E-state index in [0.29, 0.717) is 5.56 Å². The fraction of sp³-hybridized carbons (Fsp3) is 0.562. The number of hydrogen-bond donors (Lipinski definition) is 1. The van der Waals surface area contributed by atoms with Gasteiger partial charge in [-0.05, 0) is 41.0 Å². The molecule has 0 unspecified atom stereocenters. The highest BCUT2D eigenvalue weighted by atomic mass is 16.3. The van der Waals surface area contributed by atoms with E-state index in [0.717, 1.165) is 11.1 Å². The zero-order valence-corrected chi connectivity index (χ0v) is 12.5. The summed E-state index contributed by atoms with van der Waals surface area (Å²) in [7, 11) is 0. The summed E-state index contributed by atoms with van der Waals surface area (Å²) >= 11 is 0. The van der Waals surface area contributed by atoms with Gasteiger partial charge in [-0.1, -0.05) is 41.5 Å². The molecule has 0 fully saturated rings. The number of benzene rings is 1. The van der Waals surface area contributed by atoms with Crippen LogP contribution in [-0.4, -0.2) is 10.9 Å². The van der Waals surface area contributed by atoms with Gasteiger partial charge in [-0.15, -0.1) is 0 Å². The van der Waals surface area contributed by atoms with Crippen LogP contribution >= 0.6 is 0 Å². The Morgan fingerprint density at radius 1 is 0.944 bits per heavy atom. The Morgan fingerprint density at radius 3 is 1.72 bits per heavy atom. The molecule has 0 aliphatic heterocycles. The first-order valence-corrected chi connectivity index (χ1v) is 6.33. The Bertz CT molecular complexity index is 471. The minimum absolute atomic E-state index is 0.0467. The van der Waals surface area contributed by atoms with Crippen molar-refractivity contribution in [3.63, 3.8) is 0 Å². The lowest BCUT2D eigenvalue weighted by Crippen LogP contribution is -2.19. The van der Waals surface area contributed by atoms with E-state index in [4.69, 9.17) is 0 Å².